The van der Waals surface area contributed by atoms with Gasteiger partial charge in [0.1, 0.15) is 5.75 Å². The fraction of sp³-hybridized carbons (Fsp3) is 0.400. The fourth-order valence-electron chi connectivity index (χ4n) is 2.13. The molecule has 0 bridgehead atoms. The standard InChI is InChI=1S/C15H20N2O3/c1-20-13-8-4-5-11(9-13)14(18)10-16-15(19)17-12-6-2-3-7-12/h2-5,8-9,12,14,18H,6-7,10H2,1H3,(H2,16,17,19). The van der Waals surface area contributed by atoms with Gasteiger partial charge in [-0.2, -0.15) is 0 Å². The molecule has 0 heterocycles. The Bertz CT molecular complexity index is 480. The summed E-state index contributed by atoms with van der Waals surface area (Å²) < 4.78 is 5.10. The molecule has 108 valence electrons. The predicted octanol–water partition coefficient (Wildman–Crippen LogP) is 1.75. The Morgan fingerprint density at radius 3 is 2.90 bits per heavy atom. The molecule has 5 heteroatoms. The molecule has 0 aliphatic heterocycles. The second-order valence-electron chi connectivity index (χ2n) is 4.79. The van der Waals surface area contributed by atoms with Gasteiger partial charge < -0.3 is 20.5 Å². The Hall–Kier alpha value is -2.01. The molecular formula is C15H20N2O3. The van der Waals surface area contributed by atoms with Gasteiger partial charge >= 0.3 is 6.03 Å². The molecule has 1 atom stereocenters. The molecule has 0 saturated heterocycles. The van der Waals surface area contributed by atoms with Gasteiger partial charge in [0.05, 0.1) is 13.2 Å². The van der Waals surface area contributed by atoms with Gasteiger partial charge in [0.25, 0.3) is 0 Å². The molecule has 2 rings (SSSR count). The zero-order valence-electron chi connectivity index (χ0n) is 11.5. The van der Waals surface area contributed by atoms with Crippen LogP contribution in [0.3, 0.4) is 0 Å². The monoisotopic (exact) mass is 276 g/mol. The van der Waals surface area contributed by atoms with Crippen molar-refractivity contribution in [1.82, 2.24) is 10.6 Å². The number of hydrogen-bond acceptors (Lipinski definition) is 3. The Balaban J connectivity index is 1.78. The van der Waals surface area contributed by atoms with Crippen molar-refractivity contribution >= 4 is 6.03 Å². The molecular weight excluding hydrogens is 256 g/mol. The van der Waals surface area contributed by atoms with E-state index in [9.17, 15) is 9.90 Å². The summed E-state index contributed by atoms with van der Waals surface area (Å²) in [6.45, 7) is 0.166. The van der Waals surface area contributed by atoms with E-state index in [1.165, 1.54) is 0 Å². The maximum absolute atomic E-state index is 11.7. The van der Waals surface area contributed by atoms with Gasteiger partial charge in [0, 0.05) is 12.6 Å². The van der Waals surface area contributed by atoms with Crippen molar-refractivity contribution in [2.75, 3.05) is 13.7 Å². The highest BCUT2D eigenvalue weighted by Crippen LogP contribution is 2.18. The van der Waals surface area contributed by atoms with Crippen molar-refractivity contribution in [3.63, 3.8) is 0 Å². The van der Waals surface area contributed by atoms with Crippen LogP contribution >= 0.6 is 0 Å². The fourth-order valence-corrected chi connectivity index (χ4v) is 2.13. The summed E-state index contributed by atoms with van der Waals surface area (Å²) in [5.74, 6) is 0.683. The molecule has 1 aliphatic carbocycles. The Labute approximate surface area is 118 Å². The Kier molecular flexibility index (Phi) is 5.01. The van der Waals surface area contributed by atoms with Crippen LogP contribution in [-0.2, 0) is 0 Å². The third-order valence-electron chi connectivity index (χ3n) is 3.28. The number of aliphatic hydroxyl groups excluding tert-OH is 1. The van der Waals surface area contributed by atoms with Crippen molar-refractivity contribution in [2.45, 2.75) is 25.0 Å². The number of carbonyl (C=O) groups excluding carboxylic acids is 1. The van der Waals surface area contributed by atoms with E-state index in [0.717, 1.165) is 12.8 Å². The lowest BCUT2D eigenvalue weighted by Gasteiger charge is -2.16. The van der Waals surface area contributed by atoms with Gasteiger partial charge in [-0.25, -0.2) is 4.79 Å². The molecule has 0 aromatic heterocycles. The van der Waals surface area contributed by atoms with E-state index in [4.69, 9.17) is 4.74 Å². The highest BCUT2D eigenvalue weighted by Gasteiger charge is 2.14. The van der Waals surface area contributed by atoms with Crippen molar-refractivity contribution in [3.05, 3.63) is 42.0 Å². The van der Waals surface area contributed by atoms with Crippen molar-refractivity contribution in [1.29, 1.82) is 0 Å². The van der Waals surface area contributed by atoms with Crippen LogP contribution in [0, 0.1) is 0 Å². The minimum absolute atomic E-state index is 0.166. The summed E-state index contributed by atoms with van der Waals surface area (Å²) in [5, 5.41) is 15.6. The third-order valence-corrected chi connectivity index (χ3v) is 3.28. The number of urea groups is 1. The molecule has 0 fully saturated rings. The van der Waals surface area contributed by atoms with Gasteiger partial charge in [-0.15, -0.1) is 0 Å². The number of benzene rings is 1. The van der Waals surface area contributed by atoms with Crippen molar-refractivity contribution in [3.8, 4) is 5.75 Å². The first-order valence-electron chi connectivity index (χ1n) is 6.70. The lowest BCUT2D eigenvalue weighted by atomic mass is 10.1. The largest absolute Gasteiger partial charge is 0.497 e. The maximum atomic E-state index is 11.7. The van der Waals surface area contributed by atoms with E-state index >= 15 is 0 Å². The van der Waals surface area contributed by atoms with E-state index in [-0.39, 0.29) is 18.6 Å². The first kappa shape index (κ1) is 14.4. The Morgan fingerprint density at radius 1 is 1.45 bits per heavy atom. The molecule has 2 amide bonds. The number of rotatable bonds is 5. The quantitative estimate of drug-likeness (QED) is 0.717. The highest BCUT2D eigenvalue weighted by atomic mass is 16.5. The summed E-state index contributed by atoms with van der Waals surface area (Å²) in [6, 6.07) is 7.09. The topological polar surface area (TPSA) is 70.6 Å². The Morgan fingerprint density at radius 2 is 2.20 bits per heavy atom. The third kappa shape index (κ3) is 3.99. The average molecular weight is 276 g/mol. The normalized spacial score (nSPS) is 15.9. The average Bonchev–Trinajstić information content (AvgIpc) is 2.97. The summed E-state index contributed by atoms with van der Waals surface area (Å²) in [6.07, 6.45) is 5.08. The predicted molar refractivity (Wildman–Crippen MR) is 76.7 cm³/mol. The smallest absolute Gasteiger partial charge is 0.315 e. The molecule has 0 spiro atoms. The first-order chi connectivity index (χ1) is 9.69. The van der Waals surface area contributed by atoms with E-state index < -0.39 is 6.10 Å². The van der Waals surface area contributed by atoms with Crippen LogP contribution in [0.5, 0.6) is 5.75 Å². The van der Waals surface area contributed by atoms with E-state index in [2.05, 4.69) is 22.8 Å². The number of hydrogen-bond donors (Lipinski definition) is 3. The molecule has 1 aromatic carbocycles. The number of ether oxygens (including phenoxy) is 1. The van der Waals surface area contributed by atoms with Crippen LogP contribution in [0.25, 0.3) is 0 Å². The maximum Gasteiger partial charge on any atom is 0.315 e. The van der Waals surface area contributed by atoms with Gasteiger partial charge in [0.15, 0.2) is 0 Å². The number of methoxy groups -OCH3 is 1. The van der Waals surface area contributed by atoms with Crippen LogP contribution in [0.1, 0.15) is 24.5 Å². The molecule has 0 saturated carbocycles. The van der Waals surface area contributed by atoms with Gasteiger partial charge in [-0.1, -0.05) is 24.3 Å². The second kappa shape index (κ2) is 6.96. The van der Waals surface area contributed by atoms with Crippen LogP contribution in [0.4, 0.5) is 4.79 Å². The van der Waals surface area contributed by atoms with Crippen molar-refractivity contribution < 1.29 is 14.6 Å². The number of nitrogens with one attached hydrogen (secondary N) is 2. The SMILES string of the molecule is COc1cccc(C(O)CNC(=O)NC2CC=CC2)c1. The van der Waals surface area contributed by atoms with Crippen LogP contribution < -0.4 is 15.4 Å². The van der Waals surface area contributed by atoms with Crippen LogP contribution in [0.15, 0.2) is 36.4 Å². The van der Waals surface area contributed by atoms with Gasteiger partial charge in [0.2, 0.25) is 0 Å². The van der Waals surface area contributed by atoms with Gasteiger partial charge in [-0.3, -0.25) is 0 Å². The van der Waals surface area contributed by atoms with E-state index in [1.54, 1.807) is 19.2 Å². The highest BCUT2D eigenvalue weighted by molar-refractivity contribution is 5.74. The molecule has 20 heavy (non-hydrogen) atoms. The lowest BCUT2D eigenvalue weighted by molar-refractivity contribution is 0.172. The number of amides is 2. The molecule has 0 radical (unpaired) electrons. The minimum Gasteiger partial charge on any atom is -0.497 e. The number of aliphatic hydroxyl groups is 1. The van der Waals surface area contributed by atoms with Gasteiger partial charge in [-0.05, 0) is 30.5 Å². The molecule has 3 N–H and O–H groups in total. The van der Waals surface area contributed by atoms with Crippen LogP contribution in [0.2, 0.25) is 0 Å². The summed E-state index contributed by atoms with van der Waals surface area (Å²) in [5.41, 5.74) is 0.715. The first-order valence-corrected chi connectivity index (χ1v) is 6.70. The minimum atomic E-state index is -0.752. The van der Waals surface area contributed by atoms with Crippen molar-refractivity contribution in [2.24, 2.45) is 0 Å². The second-order valence-corrected chi connectivity index (χ2v) is 4.79. The molecule has 1 aliphatic rings. The lowest BCUT2D eigenvalue weighted by Crippen LogP contribution is -2.42. The molecule has 1 aromatic rings. The summed E-state index contributed by atoms with van der Waals surface area (Å²) in [4.78, 5) is 11.7. The van der Waals surface area contributed by atoms with E-state index in [1.807, 2.05) is 12.1 Å². The van der Waals surface area contributed by atoms with E-state index in [0.29, 0.717) is 11.3 Å². The summed E-state index contributed by atoms with van der Waals surface area (Å²) >= 11 is 0. The zero-order chi connectivity index (χ0) is 14.4. The molecule has 5 nitrogen and oxygen atoms in total. The molecule has 1 unspecified atom stereocenters. The summed E-state index contributed by atoms with van der Waals surface area (Å²) in [7, 11) is 1.58. The zero-order valence-corrected chi connectivity index (χ0v) is 11.5. The number of carbonyl (C=O) groups is 1. The van der Waals surface area contributed by atoms with Crippen LogP contribution in [-0.4, -0.2) is 30.8 Å².